The number of thioether (sulfide) groups is 1. The van der Waals surface area contributed by atoms with Crippen LogP contribution in [-0.4, -0.2) is 52.7 Å². The summed E-state index contributed by atoms with van der Waals surface area (Å²) in [5.41, 5.74) is 0. The molecule has 1 aliphatic heterocycles. The number of hydrogen-bond acceptors (Lipinski definition) is 4. The number of benzene rings is 1. The third-order valence-corrected chi connectivity index (χ3v) is 3.75. The number of rotatable bonds is 4. The van der Waals surface area contributed by atoms with Crippen molar-refractivity contribution in [2.75, 3.05) is 25.4 Å². The van der Waals surface area contributed by atoms with Crippen molar-refractivity contribution in [3.05, 3.63) is 30.3 Å². The lowest BCUT2D eigenvalue weighted by Crippen LogP contribution is -2.24. The van der Waals surface area contributed by atoms with Crippen LogP contribution < -0.4 is 0 Å². The average molecular weight is 239 g/mol. The Morgan fingerprint density at radius 3 is 2.38 bits per heavy atom. The molecule has 0 amide bonds. The number of likely N-dealkylation sites (tertiary alicyclic amines) is 1. The number of nitrogens with zero attached hydrogens (tertiary/aromatic N) is 1. The fraction of sp³-hybridized carbons (Fsp3) is 0.500. The lowest BCUT2D eigenvalue weighted by Gasteiger charge is -2.13. The van der Waals surface area contributed by atoms with Crippen molar-refractivity contribution in [1.82, 2.24) is 4.90 Å². The highest BCUT2D eigenvalue weighted by molar-refractivity contribution is 7.99. The van der Waals surface area contributed by atoms with Crippen LogP contribution in [0.1, 0.15) is 0 Å². The van der Waals surface area contributed by atoms with Crippen molar-refractivity contribution >= 4 is 11.8 Å². The van der Waals surface area contributed by atoms with Gasteiger partial charge in [-0.25, -0.2) is 0 Å². The van der Waals surface area contributed by atoms with E-state index in [1.165, 1.54) is 4.90 Å². The molecular weight excluding hydrogens is 222 g/mol. The van der Waals surface area contributed by atoms with Crippen LogP contribution in [0.5, 0.6) is 0 Å². The highest BCUT2D eigenvalue weighted by Gasteiger charge is 2.28. The molecule has 0 radical (unpaired) electrons. The molecule has 1 fully saturated rings. The predicted octanol–water partition coefficient (Wildman–Crippen LogP) is 0.816. The molecule has 0 unspecified atom stereocenters. The second-order valence-corrected chi connectivity index (χ2v) is 5.22. The van der Waals surface area contributed by atoms with Gasteiger partial charge >= 0.3 is 0 Å². The van der Waals surface area contributed by atoms with Gasteiger partial charge in [-0.15, -0.1) is 11.8 Å². The second kappa shape index (κ2) is 5.68. The molecule has 1 aromatic carbocycles. The summed E-state index contributed by atoms with van der Waals surface area (Å²) >= 11 is 1.80. The highest BCUT2D eigenvalue weighted by Crippen LogP contribution is 2.18. The summed E-state index contributed by atoms with van der Waals surface area (Å²) in [5.74, 6) is 0.990. The van der Waals surface area contributed by atoms with Gasteiger partial charge in [-0.3, -0.25) is 4.90 Å². The Hall–Kier alpha value is -0.550. The molecule has 0 saturated carbocycles. The predicted molar refractivity (Wildman–Crippen MR) is 65.6 cm³/mol. The van der Waals surface area contributed by atoms with Gasteiger partial charge in [0.1, 0.15) is 0 Å². The maximum absolute atomic E-state index is 9.39. The van der Waals surface area contributed by atoms with Gasteiger partial charge < -0.3 is 10.2 Å². The van der Waals surface area contributed by atoms with Gasteiger partial charge in [-0.1, -0.05) is 18.2 Å². The topological polar surface area (TPSA) is 43.7 Å². The van der Waals surface area contributed by atoms with E-state index < -0.39 is 12.2 Å². The molecule has 1 aliphatic rings. The zero-order chi connectivity index (χ0) is 11.4. The minimum Gasteiger partial charge on any atom is -0.389 e. The maximum Gasteiger partial charge on any atom is 0.0938 e. The lowest BCUT2D eigenvalue weighted by molar-refractivity contribution is 0.0572. The van der Waals surface area contributed by atoms with Crippen molar-refractivity contribution in [1.29, 1.82) is 0 Å². The first-order valence-electron chi connectivity index (χ1n) is 5.52. The minimum absolute atomic E-state index is 0.568. The fourth-order valence-corrected chi connectivity index (χ4v) is 2.77. The van der Waals surface area contributed by atoms with E-state index in [0.717, 1.165) is 12.3 Å². The first-order valence-corrected chi connectivity index (χ1v) is 6.50. The van der Waals surface area contributed by atoms with Gasteiger partial charge in [0.2, 0.25) is 0 Å². The van der Waals surface area contributed by atoms with Crippen LogP contribution in [0.4, 0.5) is 0 Å². The second-order valence-electron chi connectivity index (χ2n) is 4.06. The molecule has 3 nitrogen and oxygen atoms in total. The Bertz CT molecular complexity index is 310. The average Bonchev–Trinajstić information content (AvgIpc) is 2.60. The minimum atomic E-state index is -0.568. The third-order valence-electron chi connectivity index (χ3n) is 2.75. The molecule has 16 heavy (non-hydrogen) atoms. The van der Waals surface area contributed by atoms with Gasteiger partial charge in [-0.2, -0.15) is 0 Å². The summed E-state index contributed by atoms with van der Waals surface area (Å²) < 4.78 is 0. The Labute approximate surface area is 100 Å². The molecule has 0 aromatic heterocycles. The van der Waals surface area contributed by atoms with Crippen molar-refractivity contribution in [2.24, 2.45) is 0 Å². The summed E-state index contributed by atoms with van der Waals surface area (Å²) in [4.78, 5) is 3.37. The molecule has 4 heteroatoms. The molecule has 0 aliphatic carbocycles. The quantitative estimate of drug-likeness (QED) is 0.763. The third kappa shape index (κ3) is 3.22. The molecule has 1 aromatic rings. The smallest absolute Gasteiger partial charge is 0.0938 e. The summed E-state index contributed by atoms with van der Waals surface area (Å²) in [6.45, 7) is 2.10. The first-order chi connectivity index (χ1) is 7.75. The molecule has 0 bridgehead atoms. The van der Waals surface area contributed by atoms with Crippen molar-refractivity contribution in [3.63, 3.8) is 0 Å². The zero-order valence-corrected chi connectivity index (χ0v) is 9.94. The van der Waals surface area contributed by atoms with Gasteiger partial charge in [0.25, 0.3) is 0 Å². The lowest BCUT2D eigenvalue weighted by atomic mass is 10.3. The van der Waals surface area contributed by atoms with Crippen molar-refractivity contribution < 1.29 is 10.2 Å². The molecule has 0 spiro atoms. The summed E-state index contributed by atoms with van der Waals surface area (Å²) in [6.07, 6.45) is -1.14. The number of aliphatic hydroxyl groups excluding tert-OH is 2. The molecule has 1 saturated heterocycles. The van der Waals surface area contributed by atoms with Crippen LogP contribution in [0.25, 0.3) is 0 Å². The molecule has 2 rings (SSSR count). The molecular formula is C12H17NO2S. The molecule has 2 atom stereocenters. The van der Waals surface area contributed by atoms with Crippen LogP contribution in [0.15, 0.2) is 35.2 Å². The number of hydrogen-bond donors (Lipinski definition) is 2. The van der Waals surface area contributed by atoms with E-state index in [-0.39, 0.29) is 0 Å². The molecule has 2 N–H and O–H groups in total. The van der Waals surface area contributed by atoms with Crippen molar-refractivity contribution in [3.8, 4) is 0 Å². The Morgan fingerprint density at radius 2 is 1.75 bits per heavy atom. The van der Waals surface area contributed by atoms with E-state index in [1.54, 1.807) is 11.8 Å². The number of aliphatic hydroxyl groups is 2. The van der Waals surface area contributed by atoms with Crippen molar-refractivity contribution in [2.45, 2.75) is 17.1 Å². The van der Waals surface area contributed by atoms with E-state index in [4.69, 9.17) is 0 Å². The summed E-state index contributed by atoms with van der Waals surface area (Å²) in [6, 6.07) is 10.3. The van der Waals surface area contributed by atoms with Gasteiger partial charge in [0.15, 0.2) is 0 Å². The standard InChI is InChI=1S/C12H17NO2S/c14-11-8-13(9-12(11)15)6-7-16-10-4-2-1-3-5-10/h1-5,11-12,14-15H,6-9H2/t11-,12+. The molecule has 1 heterocycles. The van der Waals surface area contributed by atoms with E-state index >= 15 is 0 Å². The largest absolute Gasteiger partial charge is 0.389 e. The van der Waals surface area contributed by atoms with Gasteiger partial charge in [0, 0.05) is 30.3 Å². The number of β-amino-alcohol motifs (C(OH)–C–C–N with tert-alkyl or cyclic N) is 2. The van der Waals surface area contributed by atoms with Crippen LogP contribution in [0.3, 0.4) is 0 Å². The SMILES string of the molecule is O[C@@H]1CN(CCSc2ccccc2)C[C@@H]1O. The van der Waals surface area contributed by atoms with E-state index in [1.807, 2.05) is 18.2 Å². The fourth-order valence-electron chi connectivity index (χ4n) is 1.84. The molecule has 88 valence electrons. The van der Waals surface area contributed by atoms with Crippen LogP contribution >= 0.6 is 11.8 Å². The Balaban J connectivity index is 1.69. The van der Waals surface area contributed by atoms with Gasteiger partial charge in [-0.05, 0) is 12.1 Å². The van der Waals surface area contributed by atoms with E-state index in [2.05, 4.69) is 17.0 Å². The summed E-state index contributed by atoms with van der Waals surface area (Å²) in [5, 5.41) is 18.8. The van der Waals surface area contributed by atoms with Crippen LogP contribution in [0, 0.1) is 0 Å². The Morgan fingerprint density at radius 1 is 1.12 bits per heavy atom. The van der Waals surface area contributed by atoms with Crippen LogP contribution in [-0.2, 0) is 0 Å². The normalized spacial score (nSPS) is 26.1. The zero-order valence-electron chi connectivity index (χ0n) is 9.12. The maximum atomic E-state index is 9.39. The van der Waals surface area contributed by atoms with E-state index in [9.17, 15) is 10.2 Å². The van der Waals surface area contributed by atoms with E-state index in [0.29, 0.717) is 13.1 Å². The Kier molecular flexibility index (Phi) is 4.23. The van der Waals surface area contributed by atoms with Crippen LogP contribution in [0.2, 0.25) is 0 Å². The monoisotopic (exact) mass is 239 g/mol. The summed E-state index contributed by atoms with van der Waals surface area (Å²) in [7, 11) is 0. The first kappa shape index (κ1) is 11.9. The highest BCUT2D eigenvalue weighted by atomic mass is 32.2. The van der Waals surface area contributed by atoms with Gasteiger partial charge in [0.05, 0.1) is 12.2 Å².